The molecule has 6 nitrogen and oxygen atoms in total. The van der Waals surface area contributed by atoms with Crippen molar-refractivity contribution >= 4 is 11.7 Å². The maximum absolute atomic E-state index is 10.8. The summed E-state index contributed by atoms with van der Waals surface area (Å²) in [6, 6.07) is 12.0. The molecule has 0 radical (unpaired) electrons. The summed E-state index contributed by atoms with van der Waals surface area (Å²) in [5, 5.41) is 0. The molecule has 0 unspecified atom stereocenters. The van der Waals surface area contributed by atoms with Gasteiger partial charge in [0.25, 0.3) is 0 Å². The zero-order valence-electron chi connectivity index (χ0n) is 14.7. The molecule has 2 aromatic rings. The second-order valence-electron chi connectivity index (χ2n) is 6.11. The Hall–Kier alpha value is -2.47. The van der Waals surface area contributed by atoms with E-state index in [-0.39, 0.29) is 12.6 Å². The van der Waals surface area contributed by atoms with Gasteiger partial charge in [0, 0.05) is 44.9 Å². The number of carbonyl (C=O) groups excluding carboxylic acids is 1. The molecule has 0 bridgehead atoms. The summed E-state index contributed by atoms with van der Waals surface area (Å²) in [7, 11) is 1.69. The third-order valence-corrected chi connectivity index (χ3v) is 4.31. The fourth-order valence-electron chi connectivity index (χ4n) is 2.95. The van der Waals surface area contributed by atoms with Crippen LogP contribution in [-0.4, -0.2) is 44.2 Å². The van der Waals surface area contributed by atoms with Gasteiger partial charge in [0.2, 0.25) is 0 Å². The molecule has 2 heterocycles. The first-order chi connectivity index (χ1) is 12.1. The van der Waals surface area contributed by atoms with Crippen LogP contribution in [0.15, 0.2) is 40.8 Å². The van der Waals surface area contributed by atoms with Gasteiger partial charge in [0.15, 0.2) is 0 Å². The minimum Gasteiger partial charge on any atom is -0.497 e. The van der Waals surface area contributed by atoms with Crippen LogP contribution < -0.4 is 9.64 Å². The van der Waals surface area contributed by atoms with E-state index in [2.05, 4.69) is 21.9 Å². The topological polar surface area (TPSA) is 55.2 Å². The average molecular weight is 344 g/mol. The smallest absolute Gasteiger partial charge is 0.303 e. The first-order valence-corrected chi connectivity index (χ1v) is 8.46. The van der Waals surface area contributed by atoms with Gasteiger partial charge in [0.05, 0.1) is 13.7 Å². The van der Waals surface area contributed by atoms with Crippen LogP contribution in [-0.2, 0) is 22.7 Å². The predicted molar refractivity (Wildman–Crippen MR) is 94.7 cm³/mol. The molecule has 6 heteroatoms. The number of nitrogens with zero attached hydrogens (tertiary/aromatic N) is 2. The van der Waals surface area contributed by atoms with E-state index in [1.165, 1.54) is 12.6 Å². The Balaban J connectivity index is 1.50. The maximum Gasteiger partial charge on any atom is 0.303 e. The summed E-state index contributed by atoms with van der Waals surface area (Å²) in [5.74, 6) is 2.17. The molecule has 0 N–H and O–H groups in total. The van der Waals surface area contributed by atoms with Crippen molar-refractivity contribution in [1.82, 2.24) is 4.90 Å². The number of piperazine rings is 1. The minimum absolute atomic E-state index is 0.193. The summed E-state index contributed by atoms with van der Waals surface area (Å²) >= 11 is 0. The van der Waals surface area contributed by atoms with Crippen LogP contribution in [0.4, 0.5) is 5.69 Å². The molecular weight excluding hydrogens is 320 g/mol. The first-order valence-electron chi connectivity index (χ1n) is 8.46. The molecule has 0 saturated carbocycles. The molecule has 1 aromatic heterocycles. The van der Waals surface area contributed by atoms with Crippen molar-refractivity contribution in [3.63, 3.8) is 0 Å². The third kappa shape index (κ3) is 4.76. The van der Waals surface area contributed by atoms with Gasteiger partial charge in [-0.1, -0.05) is 6.07 Å². The van der Waals surface area contributed by atoms with Crippen molar-refractivity contribution in [3.05, 3.63) is 47.9 Å². The van der Waals surface area contributed by atoms with E-state index in [1.807, 2.05) is 24.3 Å². The highest BCUT2D eigenvalue weighted by molar-refractivity contribution is 5.65. The first kappa shape index (κ1) is 17.4. The van der Waals surface area contributed by atoms with Crippen molar-refractivity contribution in [2.45, 2.75) is 20.1 Å². The van der Waals surface area contributed by atoms with Crippen LogP contribution >= 0.6 is 0 Å². The molecule has 1 aliphatic rings. The molecule has 0 spiro atoms. The van der Waals surface area contributed by atoms with Gasteiger partial charge in [0.1, 0.15) is 23.9 Å². The lowest BCUT2D eigenvalue weighted by Gasteiger charge is -2.35. The summed E-state index contributed by atoms with van der Waals surface area (Å²) in [4.78, 5) is 15.6. The van der Waals surface area contributed by atoms with E-state index in [0.29, 0.717) is 5.76 Å². The van der Waals surface area contributed by atoms with Crippen LogP contribution in [0.3, 0.4) is 0 Å². The molecule has 0 amide bonds. The number of hydrogen-bond acceptors (Lipinski definition) is 6. The minimum atomic E-state index is -0.299. The highest BCUT2D eigenvalue weighted by Crippen LogP contribution is 2.22. The molecule has 0 atom stereocenters. The molecule has 3 rings (SSSR count). The van der Waals surface area contributed by atoms with E-state index in [4.69, 9.17) is 13.9 Å². The van der Waals surface area contributed by atoms with E-state index < -0.39 is 0 Å². The third-order valence-electron chi connectivity index (χ3n) is 4.31. The number of benzene rings is 1. The molecule has 134 valence electrons. The van der Waals surface area contributed by atoms with Gasteiger partial charge in [-0.25, -0.2) is 0 Å². The number of rotatable bonds is 6. The number of methoxy groups -OCH3 is 1. The maximum atomic E-state index is 10.8. The standard InChI is InChI=1S/C19H24N2O4/c1-15(22)24-14-19-7-6-18(25-19)13-20-8-10-21(11-9-20)16-4-3-5-17(12-16)23-2/h3-7,12H,8-11,13-14H2,1-2H3. The van der Waals surface area contributed by atoms with E-state index in [1.54, 1.807) is 7.11 Å². The SMILES string of the molecule is COc1cccc(N2CCN(Cc3ccc(COC(C)=O)o3)CC2)c1. The number of carbonyl (C=O) groups is 1. The zero-order valence-corrected chi connectivity index (χ0v) is 14.7. The lowest BCUT2D eigenvalue weighted by atomic mass is 10.2. The van der Waals surface area contributed by atoms with Crippen LogP contribution in [0.2, 0.25) is 0 Å². The molecule has 1 fully saturated rings. The molecular formula is C19H24N2O4. The number of furan rings is 1. The highest BCUT2D eigenvalue weighted by atomic mass is 16.5. The number of anilines is 1. The van der Waals surface area contributed by atoms with Crippen molar-refractivity contribution in [2.75, 3.05) is 38.2 Å². The van der Waals surface area contributed by atoms with Crippen LogP contribution in [0, 0.1) is 0 Å². The van der Waals surface area contributed by atoms with Gasteiger partial charge >= 0.3 is 5.97 Å². The monoisotopic (exact) mass is 344 g/mol. The summed E-state index contributed by atoms with van der Waals surface area (Å²) in [6.07, 6.45) is 0. The number of esters is 1. The quantitative estimate of drug-likeness (QED) is 0.751. The lowest BCUT2D eigenvalue weighted by Crippen LogP contribution is -2.45. The Morgan fingerprint density at radius 1 is 1.12 bits per heavy atom. The Kier molecular flexibility index (Phi) is 5.60. The Morgan fingerprint density at radius 2 is 1.88 bits per heavy atom. The Morgan fingerprint density at radius 3 is 2.60 bits per heavy atom. The normalized spacial score (nSPS) is 15.2. The van der Waals surface area contributed by atoms with Crippen molar-refractivity contribution < 1.29 is 18.7 Å². The summed E-state index contributed by atoms with van der Waals surface area (Å²) in [5.41, 5.74) is 1.20. The van der Waals surface area contributed by atoms with E-state index in [0.717, 1.165) is 44.2 Å². The molecule has 25 heavy (non-hydrogen) atoms. The lowest BCUT2D eigenvalue weighted by molar-refractivity contribution is -0.142. The number of hydrogen-bond donors (Lipinski definition) is 0. The highest BCUT2D eigenvalue weighted by Gasteiger charge is 2.18. The van der Waals surface area contributed by atoms with Crippen LogP contribution in [0.1, 0.15) is 18.4 Å². The van der Waals surface area contributed by atoms with Gasteiger partial charge in [-0.05, 0) is 24.3 Å². The van der Waals surface area contributed by atoms with Gasteiger partial charge < -0.3 is 18.8 Å². The van der Waals surface area contributed by atoms with E-state index >= 15 is 0 Å². The Bertz CT molecular complexity index is 705. The van der Waals surface area contributed by atoms with E-state index in [9.17, 15) is 4.79 Å². The summed E-state index contributed by atoms with van der Waals surface area (Å²) < 4.78 is 16.0. The van der Waals surface area contributed by atoms with Crippen LogP contribution in [0.25, 0.3) is 0 Å². The molecule has 1 aromatic carbocycles. The van der Waals surface area contributed by atoms with Gasteiger partial charge in [-0.3, -0.25) is 9.69 Å². The second kappa shape index (κ2) is 8.07. The van der Waals surface area contributed by atoms with Gasteiger partial charge in [-0.2, -0.15) is 0 Å². The average Bonchev–Trinajstić information content (AvgIpc) is 3.08. The summed E-state index contributed by atoms with van der Waals surface area (Å²) in [6.45, 7) is 6.23. The number of ether oxygens (including phenoxy) is 2. The fourth-order valence-corrected chi connectivity index (χ4v) is 2.95. The van der Waals surface area contributed by atoms with Gasteiger partial charge in [-0.15, -0.1) is 0 Å². The molecule has 1 aliphatic heterocycles. The van der Waals surface area contributed by atoms with Crippen LogP contribution in [0.5, 0.6) is 5.75 Å². The Labute approximate surface area is 147 Å². The predicted octanol–water partition coefficient (Wildman–Crippen LogP) is 2.67. The van der Waals surface area contributed by atoms with Crippen molar-refractivity contribution in [2.24, 2.45) is 0 Å². The fraction of sp³-hybridized carbons (Fsp3) is 0.421. The van der Waals surface area contributed by atoms with Crippen molar-refractivity contribution in [3.8, 4) is 5.75 Å². The molecule has 0 aliphatic carbocycles. The van der Waals surface area contributed by atoms with Crippen molar-refractivity contribution in [1.29, 1.82) is 0 Å². The zero-order chi connectivity index (χ0) is 17.6. The largest absolute Gasteiger partial charge is 0.497 e. The second-order valence-corrected chi connectivity index (χ2v) is 6.11. The molecule has 1 saturated heterocycles.